The number of hydrogen-bond acceptors (Lipinski definition) is 4. The number of amides is 1. The highest BCUT2D eigenvalue weighted by Crippen LogP contribution is 2.37. The molecule has 0 spiro atoms. The molecule has 1 unspecified atom stereocenters. The molecule has 0 fully saturated rings. The zero-order valence-electron chi connectivity index (χ0n) is 14.8. The molecule has 3 rings (SSSR count). The Labute approximate surface area is 148 Å². The maximum atomic E-state index is 12.9. The van der Waals surface area contributed by atoms with Crippen molar-refractivity contribution in [2.45, 2.75) is 19.0 Å². The Morgan fingerprint density at radius 3 is 2.48 bits per heavy atom. The van der Waals surface area contributed by atoms with Crippen molar-refractivity contribution < 1.29 is 19.0 Å². The third kappa shape index (κ3) is 3.33. The standard InChI is InChI=1S/C20H23NO4/c1-23-11-10-17(14-8-9-18(24-2)19(12-14)25-3)21-13-15-6-4-5-7-16(15)20(21)22/h4-9,12,17H,10-11,13H2,1-3H3. The highest BCUT2D eigenvalue weighted by atomic mass is 16.5. The van der Waals surface area contributed by atoms with Gasteiger partial charge in [-0.3, -0.25) is 4.79 Å². The van der Waals surface area contributed by atoms with Gasteiger partial charge in [-0.15, -0.1) is 0 Å². The van der Waals surface area contributed by atoms with Crippen LogP contribution in [-0.4, -0.2) is 38.7 Å². The van der Waals surface area contributed by atoms with Gasteiger partial charge in [0, 0.05) is 25.8 Å². The maximum absolute atomic E-state index is 12.9. The van der Waals surface area contributed by atoms with Crippen LogP contribution in [0.3, 0.4) is 0 Å². The number of rotatable bonds is 7. The molecular formula is C20H23NO4. The molecule has 0 aromatic heterocycles. The number of methoxy groups -OCH3 is 3. The van der Waals surface area contributed by atoms with E-state index in [0.717, 1.165) is 16.7 Å². The molecular weight excluding hydrogens is 318 g/mol. The molecule has 0 radical (unpaired) electrons. The molecule has 5 heteroatoms. The van der Waals surface area contributed by atoms with Gasteiger partial charge >= 0.3 is 0 Å². The molecule has 1 amide bonds. The highest BCUT2D eigenvalue weighted by Gasteiger charge is 2.33. The Kier molecular flexibility index (Phi) is 5.24. The highest BCUT2D eigenvalue weighted by molar-refractivity contribution is 5.98. The third-order valence-corrected chi connectivity index (χ3v) is 4.61. The van der Waals surface area contributed by atoms with Crippen molar-refractivity contribution in [3.8, 4) is 11.5 Å². The first-order valence-corrected chi connectivity index (χ1v) is 8.29. The summed E-state index contributed by atoms with van der Waals surface area (Å²) in [5, 5.41) is 0. The van der Waals surface area contributed by atoms with Crippen LogP contribution in [0.1, 0.15) is 33.9 Å². The van der Waals surface area contributed by atoms with Crippen LogP contribution in [0.15, 0.2) is 42.5 Å². The summed E-state index contributed by atoms with van der Waals surface area (Å²) >= 11 is 0. The van der Waals surface area contributed by atoms with Crippen LogP contribution < -0.4 is 9.47 Å². The Bertz CT molecular complexity index is 759. The average molecular weight is 341 g/mol. The molecule has 0 saturated carbocycles. The largest absolute Gasteiger partial charge is 0.493 e. The number of ether oxygens (including phenoxy) is 3. The van der Waals surface area contributed by atoms with Crippen molar-refractivity contribution in [3.05, 3.63) is 59.2 Å². The molecule has 2 aromatic rings. The van der Waals surface area contributed by atoms with E-state index in [1.165, 1.54) is 0 Å². The summed E-state index contributed by atoms with van der Waals surface area (Å²) in [5.41, 5.74) is 2.86. The predicted octanol–water partition coefficient (Wildman–Crippen LogP) is 3.44. The molecule has 0 aliphatic carbocycles. The minimum absolute atomic E-state index is 0.0616. The number of carbonyl (C=O) groups excluding carboxylic acids is 1. The Hall–Kier alpha value is -2.53. The number of benzene rings is 2. The Morgan fingerprint density at radius 2 is 1.80 bits per heavy atom. The number of carbonyl (C=O) groups is 1. The van der Waals surface area contributed by atoms with Gasteiger partial charge in [0.25, 0.3) is 5.91 Å². The van der Waals surface area contributed by atoms with Gasteiger partial charge in [-0.2, -0.15) is 0 Å². The van der Waals surface area contributed by atoms with Crippen molar-refractivity contribution >= 4 is 5.91 Å². The lowest BCUT2D eigenvalue weighted by Crippen LogP contribution is -2.30. The molecule has 1 heterocycles. The molecule has 1 aliphatic rings. The lowest BCUT2D eigenvalue weighted by molar-refractivity contribution is 0.0652. The molecule has 0 N–H and O–H groups in total. The van der Waals surface area contributed by atoms with Crippen molar-refractivity contribution in [1.29, 1.82) is 0 Å². The van der Waals surface area contributed by atoms with Gasteiger partial charge < -0.3 is 19.1 Å². The molecule has 1 aliphatic heterocycles. The fourth-order valence-electron chi connectivity index (χ4n) is 3.32. The van der Waals surface area contributed by atoms with Crippen molar-refractivity contribution in [1.82, 2.24) is 4.90 Å². The summed E-state index contributed by atoms with van der Waals surface area (Å²) in [5.74, 6) is 1.39. The van der Waals surface area contributed by atoms with E-state index in [4.69, 9.17) is 14.2 Å². The normalized spacial score (nSPS) is 14.4. The zero-order chi connectivity index (χ0) is 17.8. The smallest absolute Gasteiger partial charge is 0.255 e. The summed E-state index contributed by atoms with van der Waals surface area (Å²) in [6.07, 6.45) is 0.714. The Balaban J connectivity index is 1.95. The molecule has 5 nitrogen and oxygen atoms in total. The van der Waals surface area contributed by atoms with Gasteiger partial charge in [0.05, 0.1) is 20.3 Å². The predicted molar refractivity (Wildman–Crippen MR) is 95.1 cm³/mol. The van der Waals surface area contributed by atoms with Crippen LogP contribution in [0, 0.1) is 0 Å². The number of hydrogen-bond donors (Lipinski definition) is 0. The maximum Gasteiger partial charge on any atom is 0.255 e. The second kappa shape index (κ2) is 7.57. The Morgan fingerprint density at radius 1 is 1.04 bits per heavy atom. The molecule has 2 aromatic carbocycles. The third-order valence-electron chi connectivity index (χ3n) is 4.61. The van der Waals surface area contributed by atoms with Gasteiger partial charge in [0.15, 0.2) is 11.5 Å². The van der Waals surface area contributed by atoms with Crippen LogP contribution >= 0.6 is 0 Å². The number of fused-ring (bicyclic) bond motifs is 1. The SMILES string of the molecule is COCCC(c1ccc(OC)c(OC)c1)N1Cc2ccccc2C1=O. The van der Waals surface area contributed by atoms with Crippen LogP contribution in [-0.2, 0) is 11.3 Å². The van der Waals surface area contributed by atoms with E-state index in [2.05, 4.69) is 0 Å². The minimum Gasteiger partial charge on any atom is -0.493 e. The fourth-order valence-corrected chi connectivity index (χ4v) is 3.32. The molecule has 132 valence electrons. The van der Waals surface area contributed by atoms with E-state index in [9.17, 15) is 4.79 Å². The van der Waals surface area contributed by atoms with Gasteiger partial charge in [-0.25, -0.2) is 0 Å². The monoisotopic (exact) mass is 341 g/mol. The summed E-state index contributed by atoms with van der Waals surface area (Å²) in [6.45, 7) is 1.18. The summed E-state index contributed by atoms with van der Waals surface area (Å²) in [7, 11) is 4.90. The van der Waals surface area contributed by atoms with Gasteiger partial charge in [-0.05, 0) is 35.7 Å². The van der Waals surface area contributed by atoms with E-state index in [0.29, 0.717) is 31.1 Å². The lowest BCUT2D eigenvalue weighted by atomic mass is 10.0. The van der Waals surface area contributed by atoms with Crippen molar-refractivity contribution in [2.75, 3.05) is 27.9 Å². The van der Waals surface area contributed by atoms with E-state index < -0.39 is 0 Å². The molecule has 25 heavy (non-hydrogen) atoms. The van der Waals surface area contributed by atoms with Crippen LogP contribution in [0.2, 0.25) is 0 Å². The van der Waals surface area contributed by atoms with Crippen molar-refractivity contribution in [3.63, 3.8) is 0 Å². The molecule has 0 bridgehead atoms. The zero-order valence-corrected chi connectivity index (χ0v) is 14.8. The first-order chi connectivity index (χ1) is 12.2. The lowest BCUT2D eigenvalue weighted by Gasteiger charge is -2.28. The van der Waals surface area contributed by atoms with E-state index in [-0.39, 0.29) is 11.9 Å². The average Bonchev–Trinajstić information content (AvgIpc) is 2.99. The summed E-state index contributed by atoms with van der Waals surface area (Å²) < 4.78 is 16.0. The molecule has 0 saturated heterocycles. The topological polar surface area (TPSA) is 48.0 Å². The summed E-state index contributed by atoms with van der Waals surface area (Å²) in [4.78, 5) is 14.8. The minimum atomic E-state index is -0.0837. The van der Waals surface area contributed by atoms with Gasteiger partial charge in [0.2, 0.25) is 0 Å². The first-order valence-electron chi connectivity index (χ1n) is 8.29. The van der Waals surface area contributed by atoms with Gasteiger partial charge in [-0.1, -0.05) is 24.3 Å². The van der Waals surface area contributed by atoms with Crippen LogP contribution in [0.25, 0.3) is 0 Å². The quantitative estimate of drug-likeness (QED) is 0.774. The van der Waals surface area contributed by atoms with E-state index >= 15 is 0 Å². The second-order valence-corrected chi connectivity index (χ2v) is 6.00. The fraction of sp³-hybridized carbons (Fsp3) is 0.350. The van der Waals surface area contributed by atoms with Gasteiger partial charge in [0.1, 0.15) is 0 Å². The van der Waals surface area contributed by atoms with E-state index in [1.807, 2.05) is 47.4 Å². The second-order valence-electron chi connectivity index (χ2n) is 6.00. The number of nitrogens with zero attached hydrogens (tertiary/aromatic N) is 1. The van der Waals surface area contributed by atoms with Crippen molar-refractivity contribution in [2.24, 2.45) is 0 Å². The van der Waals surface area contributed by atoms with Crippen LogP contribution in [0.4, 0.5) is 0 Å². The van der Waals surface area contributed by atoms with Crippen LogP contribution in [0.5, 0.6) is 11.5 Å². The molecule has 1 atom stereocenters. The summed E-state index contributed by atoms with van der Waals surface area (Å²) in [6, 6.07) is 13.5. The van der Waals surface area contributed by atoms with E-state index in [1.54, 1.807) is 21.3 Å². The first kappa shape index (κ1) is 17.3.